The van der Waals surface area contributed by atoms with Crippen LogP contribution in [0.25, 0.3) is 0 Å². The summed E-state index contributed by atoms with van der Waals surface area (Å²) in [6.45, 7) is 0.511. The molecule has 13 heavy (non-hydrogen) atoms. The van der Waals surface area contributed by atoms with Crippen LogP contribution >= 0.6 is 0 Å². The van der Waals surface area contributed by atoms with Crippen LogP contribution in [0.2, 0.25) is 0 Å². The Hall–Kier alpha value is -1.06. The summed E-state index contributed by atoms with van der Waals surface area (Å²) < 4.78 is 50.2. The summed E-state index contributed by atoms with van der Waals surface area (Å²) >= 11 is 0. The van der Waals surface area contributed by atoms with E-state index >= 15 is 0 Å². The third-order valence-electron chi connectivity index (χ3n) is 1.78. The highest BCUT2D eigenvalue weighted by Crippen LogP contribution is 2.22. The zero-order valence-corrected chi connectivity index (χ0v) is 6.95. The largest absolute Gasteiger partial charge is 0.250 e. The van der Waals surface area contributed by atoms with E-state index in [1.807, 2.05) is 0 Å². The Kier molecular flexibility index (Phi) is 2.90. The topological polar surface area (TPSA) is 0 Å². The van der Waals surface area contributed by atoms with Crippen LogP contribution in [0.4, 0.5) is 17.6 Å². The van der Waals surface area contributed by atoms with Crippen molar-refractivity contribution in [3.8, 4) is 0 Å². The summed E-state index contributed by atoms with van der Waals surface area (Å²) in [4.78, 5) is 0. The van der Waals surface area contributed by atoms with Gasteiger partial charge in [-0.25, -0.2) is 13.2 Å². The molecule has 0 bridgehead atoms. The highest BCUT2D eigenvalue weighted by Gasteiger charge is 2.16. The van der Waals surface area contributed by atoms with Gasteiger partial charge in [-0.1, -0.05) is 6.92 Å². The van der Waals surface area contributed by atoms with Gasteiger partial charge in [0.05, 0.1) is 6.67 Å². The van der Waals surface area contributed by atoms with Gasteiger partial charge >= 0.3 is 0 Å². The average molecular weight is 192 g/mol. The van der Waals surface area contributed by atoms with Gasteiger partial charge in [-0.15, -0.1) is 0 Å². The van der Waals surface area contributed by atoms with Gasteiger partial charge in [0, 0.05) is 12.0 Å². The maximum absolute atomic E-state index is 12.9. The molecule has 72 valence electrons. The molecule has 0 amide bonds. The van der Waals surface area contributed by atoms with Gasteiger partial charge in [-0.2, -0.15) is 0 Å². The Morgan fingerprint density at radius 1 is 1.23 bits per heavy atom. The SMILES string of the molecule is CC(CF)c1cc(F)cc(F)c1F. The quantitative estimate of drug-likeness (QED) is 0.498. The highest BCUT2D eigenvalue weighted by atomic mass is 19.2. The fraction of sp³-hybridized carbons (Fsp3) is 0.333. The van der Waals surface area contributed by atoms with Crippen LogP contribution in [0.1, 0.15) is 18.4 Å². The van der Waals surface area contributed by atoms with Crippen LogP contribution in [-0.4, -0.2) is 6.67 Å². The summed E-state index contributed by atoms with van der Waals surface area (Å²) in [5, 5.41) is 0. The first-order chi connectivity index (χ1) is 6.06. The molecule has 4 heteroatoms. The number of rotatable bonds is 2. The predicted molar refractivity (Wildman–Crippen MR) is 40.7 cm³/mol. The van der Waals surface area contributed by atoms with Crippen LogP contribution in [-0.2, 0) is 0 Å². The van der Waals surface area contributed by atoms with E-state index in [2.05, 4.69) is 0 Å². The normalized spacial score (nSPS) is 13.0. The Labute approximate surface area is 73.2 Å². The van der Waals surface area contributed by atoms with Crippen molar-refractivity contribution < 1.29 is 17.6 Å². The molecular formula is C9H8F4. The third kappa shape index (κ3) is 1.99. The first-order valence-electron chi connectivity index (χ1n) is 3.76. The molecule has 0 N–H and O–H groups in total. The van der Waals surface area contributed by atoms with Gasteiger partial charge < -0.3 is 0 Å². The first-order valence-corrected chi connectivity index (χ1v) is 3.76. The fourth-order valence-electron chi connectivity index (χ4n) is 1.02. The van der Waals surface area contributed by atoms with E-state index in [9.17, 15) is 17.6 Å². The van der Waals surface area contributed by atoms with Crippen LogP contribution in [0.5, 0.6) is 0 Å². The second-order valence-electron chi connectivity index (χ2n) is 2.85. The molecule has 0 aliphatic carbocycles. The maximum Gasteiger partial charge on any atom is 0.162 e. The standard InChI is InChI=1S/C9H8F4/c1-5(4-10)7-2-6(11)3-8(12)9(7)13/h2-3,5H,4H2,1H3. The van der Waals surface area contributed by atoms with Crippen LogP contribution < -0.4 is 0 Å². The second kappa shape index (κ2) is 3.77. The van der Waals surface area contributed by atoms with E-state index in [0.29, 0.717) is 6.07 Å². The third-order valence-corrected chi connectivity index (χ3v) is 1.78. The van der Waals surface area contributed by atoms with E-state index in [1.165, 1.54) is 6.92 Å². The molecule has 1 unspecified atom stereocenters. The lowest BCUT2D eigenvalue weighted by Crippen LogP contribution is -2.02. The van der Waals surface area contributed by atoms with Crippen LogP contribution in [0.3, 0.4) is 0 Å². The molecule has 0 fully saturated rings. The van der Waals surface area contributed by atoms with Gasteiger partial charge in [0.25, 0.3) is 0 Å². The van der Waals surface area contributed by atoms with Crippen molar-refractivity contribution in [2.45, 2.75) is 12.8 Å². The molecule has 0 nitrogen and oxygen atoms in total. The van der Waals surface area contributed by atoms with Crippen molar-refractivity contribution in [1.29, 1.82) is 0 Å². The minimum atomic E-state index is -1.28. The van der Waals surface area contributed by atoms with Crippen molar-refractivity contribution in [2.75, 3.05) is 6.67 Å². The van der Waals surface area contributed by atoms with E-state index in [1.54, 1.807) is 0 Å². The number of hydrogen-bond donors (Lipinski definition) is 0. The molecule has 0 saturated carbocycles. The lowest BCUT2D eigenvalue weighted by molar-refractivity contribution is 0.421. The van der Waals surface area contributed by atoms with Crippen molar-refractivity contribution >= 4 is 0 Å². The Morgan fingerprint density at radius 3 is 2.38 bits per heavy atom. The van der Waals surface area contributed by atoms with Crippen molar-refractivity contribution in [3.05, 3.63) is 35.1 Å². The van der Waals surface area contributed by atoms with Crippen molar-refractivity contribution in [2.24, 2.45) is 0 Å². The van der Waals surface area contributed by atoms with Gasteiger partial charge in [0.2, 0.25) is 0 Å². The van der Waals surface area contributed by atoms with Crippen molar-refractivity contribution in [1.82, 2.24) is 0 Å². The predicted octanol–water partition coefficient (Wildman–Crippen LogP) is 3.18. The molecule has 0 spiro atoms. The molecule has 0 aliphatic heterocycles. The lowest BCUT2D eigenvalue weighted by atomic mass is 10.0. The van der Waals surface area contributed by atoms with Gasteiger partial charge in [-0.3, -0.25) is 4.39 Å². The molecule has 1 aromatic rings. The molecule has 0 radical (unpaired) electrons. The minimum Gasteiger partial charge on any atom is -0.250 e. The van der Waals surface area contributed by atoms with Gasteiger partial charge in [0.15, 0.2) is 11.6 Å². The molecular weight excluding hydrogens is 184 g/mol. The smallest absolute Gasteiger partial charge is 0.162 e. The molecule has 0 aliphatic rings. The zero-order chi connectivity index (χ0) is 10.0. The molecule has 1 atom stereocenters. The van der Waals surface area contributed by atoms with Gasteiger partial charge in [0.1, 0.15) is 5.82 Å². The Balaban J connectivity index is 3.20. The fourth-order valence-corrected chi connectivity index (χ4v) is 1.02. The monoisotopic (exact) mass is 192 g/mol. The van der Waals surface area contributed by atoms with Crippen LogP contribution in [0, 0.1) is 17.5 Å². The summed E-state index contributed by atoms with van der Waals surface area (Å²) in [5.74, 6) is -4.18. The molecule has 1 aromatic carbocycles. The molecule has 1 rings (SSSR count). The number of halogens is 4. The summed E-state index contributed by atoms with van der Waals surface area (Å²) in [5.41, 5.74) is -0.264. The lowest BCUT2D eigenvalue weighted by Gasteiger charge is -2.08. The average Bonchev–Trinajstić information content (AvgIpc) is 2.10. The molecule has 0 aromatic heterocycles. The minimum absolute atomic E-state index is 0.264. The molecule has 0 saturated heterocycles. The number of hydrogen-bond acceptors (Lipinski definition) is 0. The van der Waals surface area contributed by atoms with E-state index in [-0.39, 0.29) is 5.56 Å². The highest BCUT2D eigenvalue weighted by molar-refractivity contribution is 5.23. The Bertz CT molecular complexity index is 309. The summed E-state index contributed by atoms with van der Waals surface area (Å²) in [6.07, 6.45) is 0. The summed E-state index contributed by atoms with van der Waals surface area (Å²) in [6, 6.07) is 1.24. The van der Waals surface area contributed by atoms with Crippen LogP contribution in [0.15, 0.2) is 12.1 Å². The number of benzene rings is 1. The van der Waals surface area contributed by atoms with Gasteiger partial charge in [-0.05, 0) is 11.6 Å². The van der Waals surface area contributed by atoms with E-state index in [4.69, 9.17) is 0 Å². The first kappa shape index (κ1) is 10.0. The number of alkyl halides is 1. The summed E-state index contributed by atoms with van der Waals surface area (Å²) in [7, 11) is 0. The molecule has 0 heterocycles. The Morgan fingerprint density at radius 2 is 1.85 bits per heavy atom. The van der Waals surface area contributed by atoms with E-state index in [0.717, 1.165) is 6.07 Å². The second-order valence-corrected chi connectivity index (χ2v) is 2.85. The zero-order valence-electron chi connectivity index (χ0n) is 6.95. The maximum atomic E-state index is 12.9. The van der Waals surface area contributed by atoms with E-state index < -0.39 is 30.0 Å². The van der Waals surface area contributed by atoms with Crippen molar-refractivity contribution in [3.63, 3.8) is 0 Å².